The van der Waals surface area contributed by atoms with E-state index in [0.29, 0.717) is 49.3 Å². The molecule has 0 radical (unpaired) electrons. The van der Waals surface area contributed by atoms with Gasteiger partial charge < -0.3 is 9.80 Å². The quantitative estimate of drug-likeness (QED) is 0.576. The molecule has 0 unspecified atom stereocenters. The van der Waals surface area contributed by atoms with E-state index in [-0.39, 0.29) is 29.4 Å². The highest BCUT2D eigenvalue weighted by atomic mass is 32.2. The van der Waals surface area contributed by atoms with E-state index in [2.05, 4.69) is 15.1 Å². The minimum atomic E-state index is -0.319. The zero-order valence-corrected chi connectivity index (χ0v) is 19.5. The van der Waals surface area contributed by atoms with Crippen molar-refractivity contribution in [3.8, 4) is 11.4 Å². The zero-order valence-electron chi connectivity index (χ0n) is 18.7. The Hall–Kier alpha value is -2.46. The van der Waals surface area contributed by atoms with E-state index in [1.165, 1.54) is 17.8 Å². The number of carbonyl (C=O) groups is 2. The summed E-state index contributed by atoms with van der Waals surface area (Å²) < 4.78 is 16.3. The summed E-state index contributed by atoms with van der Waals surface area (Å²) in [5, 5.41) is 9.20. The summed E-state index contributed by atoms with van der Waals surface area (Å²) in [6, 6.07) is 6.86. The molecule has 10 heteroatoms. The van der Waals surface area contributed by atoms with Crippen molar-refractivity contribution in [2.24, 2.45) is 0 Å². The van der Waals surface area contributed by atoms with E-state index in [0.717, 1.165) is 38.8 Å². The van der Waals surface area contributed by atoms with Crippen molar-refractivity contribution in [1.82, 2.24) is 29.5 Å². The van der Waals surface area contributed by atoms with Gasteiger partial charge in [0.15, 0.2) is 11.0 Å². The van der Waals surface area contributed by atoms with Gasteiger partial charge in [0, 0.05) is 45.3 Å². The van der Waals surface area contributed by atoms with Gasteiger partial charge in [0.2, 0.25) is 11.8 Å². The highest BCUT2D eigenvalue weighted by Crippen LogP contribution is 2.41. The molecule has 2 aliphatic heterocycles. The number of rotatable bonds is 7. The van der Waals surface area contributed by atoms with Crippen molar-refractivity contribution in [3.63, 3.8) is 0 Å². The number of nitrogens with zero attached hydrogens (tertiary/aromatic N) is 6. The monoisotopic (exact) mass is 472 g/mol. The molecule has 1 aliphatic carbocycles. The molecule has 0 spiro atoms. The van der Waals surface area contributed by atoms with Crippen LogP contribution < -0.4 is 0 Å². The number of aromatic nitrogens is 3. The number of hydrogen-bond acceptors (Lipinski definition) is 6. The van der Waals surface area contributed by atoms with Crippen LogP contribution in [0.4, 0.5) is 4.39 Å². The number of hydrogen-bond donors (Lipinski definition) is 0. The fourth-order valence-corrected chi connectivity index (χ4v) is 5.40. The SMILES string of the molecule is O=C(CSc1nnc(-c2ccccc2F)n1C1CC1)N1CCN(CC(=O)N2CCCC2)CC1. The van der Waals surface area contributed by atoms with Gasteiger partial charge in [-0.2, -0.15) is 0 Å². The van der Waals surface area contributed by atoms with Crippen molar-refractivity contribution in [3.05, 3.63) is 30.1 Å². The van der Waals surface area contributed by atoms with E-state index >= 15 is 0 Å². The maximum Gasteiger partial charge on any atom is 0.236 e. The first-order valence-electron chi connectivity index (χ1n) is 11.7. The molecule has 3 aliphatic rings. The lowest BCUT2D eigenvalue weighted by Crippen LogP contribution is -2.51. The Morgan fingerprint density at radius 1 is 0.939 bits per heavy atom. The van der Waals surface area contributed by atoms with E-state index in [1.807, 2.05) is 14.4 Å². The molecule has 8 nitrogen and oxygen atoms in total. The van der Waals surface area contributed by atoms with Gasteiger partial charge in [-0.3, -0.25) is 19.1 Å². The first kappa shape index (κ1) is 22.3. The highest BCUT2D eigenvalue weighted by molar-refractivity contribution is 7.99. The maximum atomic E-state index is 14.3. The summed E-state index contributed by atoms with van der Waals surface area (Å²) in [5.41, 5.74) is 0.440. The summed E-state index contributed by atoms with van der Waals surface area (Å²) in [4.78, 5) is 31.1. The number of carbonyl (C=O) groups excluding carboxylic acids is 2. The molecule has 2 saturated heterocycles. The van der Waals surface area contributed by atoms with Crippen LogP contribution in [-0.4, -0.2) is 92.8 Å². The van der Waals surface area contributed by atoms with Crippen LogP contribution in [0.3, 0.4) is 0 Å². The predicted octanol–water partition coefficient (Wildman–Crippen LogP) is 2.28. The summed E-state index contributed by atoms with van der Waals surface area (Å²) in [6.07, 6.45) is 4.22. The Morgan fingerprint density at radius 2 is 1.64 bits per heavy atom. The number of thioether (sulfide) groups is 1. The van der Waals surface area contributed by atoms with Crippen molar-refractivity contribution in [1.29, 1.82) is 0 Å². The van der Waals surface area contributed by atoms with E-state index in [4.69, 9.17) is 0 Å². The van der Waals surface area contributed by atoms with Gasteiger partial charge in [0.25, 0.3) is 0 Å². The summed E-state index contributed by atoms with van der Waals surface area (Å²) >= 11 is 1.37. The Kier molecular flexibility index (Phi) is 6.64. The molecule has 1 saturated carbocycles. The lowest BCUT2D eigenvalue weighted by Gasteiger charge is -2.35. The standard InChI is InChI=1S/C23H29FN6O2S/c24-19-6-2-1-5-18(19)22-25-26-23(30(22)17-7-8-17)33-16-21(32)29-13-11-27(12-14-29)15-20(31)28-9-3-4-10-28/h1-2,5-6,17H,3-4,7-16H2. The molecule has 5 rings (SSSR count). The molecule has 176 valence electrons. The van der Waals surface area contributed by atoms with E-state index in [1.54, 1.807) is 18.2 Å². The Balaban J connectivity index is 1.15. The first-order chi connectivity index (χ1) is 16.1. The number of halogens is 1. The van der Waals surface area contributed by atoms with Crippen molar-refractivity contribution in [2.45, 2.75) is 36.9 Å². The number of likely N-dealkylation sites (tertiary alicyclic amines) is 1. The summed E-state index contributed by atoms with van der Waals surface area (Å²) in [6.45, 7) is 4.87. The third-order valence-corrected chi connectivity index (χ3v) is 7.49. The third-order valence-electron chi connectivity index (χ3n) is 6.56. The van der Waals surface area contributed by atoms with Gasteiger partial charge >= 0.3 is 0 Å². The Morgan fingerprint density at radius 3 is 2.33 bits per heavy atom. The lowest BCUT2D eigenvalue weighted by molar-refractivity contribution is -0.133. The topological polar surface area (TPSA) is 74.6 Å². The second-order valence-corrected chi connectivity index (χ2v) is 9.86. The number of piperazine rings is 1. The van der Waals surface area contributed by atoms with Gasteiger partial charge in [-0.1, -0.05) is 23.9 Å². The zero-order chi connectivity index (χ0) is 22.8. The minimum Gasteiger partial charge on any atom is -0.342 e. The van der Waals surface area contributed by atoms with Crippen LogP contribution in [-0.2, 0) is 9.59 Å². The lowest BCUT2D eigenvalue weighted by atomic mass is 10.2. The smallest absolute Gasteiger partial charge is 0.236 e. The molecular formula is C23H29FN6O2S. The predicted molar refractivity (Wildman–Crippen MR) is 123 cm³/mol. The average molecular weight is 473 g/mol. The van der Waals surface area contributed by atoms with Crippen LogP contribution in [0.2, 0.25) is 0 Å². The molecule has 0 atom stereocenters. The molecule has 3 heterocycles. The van der Waals surface area contributed by atoms with Crippen molar-refractivity contribution >= 4 is 23.6 Å². The maximum absolute atomic E-state index is 14.3. The molecule has 2 amide bonds. The van der Waals surface area contributed by atoms with Gasteiger partial charge in [0.1, 0.15) is 5.82 Å². The van der Waals surface area contributed by atoms with Gasteiger partial charge in [-0.25, -0.2) is 4.39 Å². The fraction of sp³-hybridized carbons (Fsp3) is 0.565. The van der Waals surface area contributed by atoms with Crippen LogP contribution >= 0.6 is 11.8 Å². The number of benzene rings is 1. The number of amides is 2. The van der Waals surface area contributed by atoms with Crippen molar-refractivity contribution < 1.29 is 14.0 Å². The van der Waals surface area contributed by atoms with E-state index < -0.39 is 0 Å². The van der Waals surface area contributed by atoms with Crippen LogP contribution in [0.1, 0.15) is 31.7 Å². The molecule has 1 aromatic carbocycles. The van der Waals surface area contributed by atoms with E-state index in [9.17, 15) is 14.0 Å². The van der Waals surface area contributed by atoms with Gasteiger partial charge in [-0.05, 0) is 37.8 Å². The normalized spacial score (nSPS) is 19.3. The Bertz CT molecular complexity index is 1010. The molecule has 2 aromatic rings. The van der Waals surface area contributed by atoms with Crippen LogP contribution in [0.25, 0.3) is 11.4 Å². The fourth-order valence-electron chi connectivity index (χ4n) is 4.49. The second kappa shape index (κ2) is 9.80. The molecule has 0 N–H and O–H groups in total. The van der Waals surface area contributed by atoms with Crippen molar-refractivity contribution in [2.75, 3.05) is 51.6 Å². The first-order valence-corrected chi connectivity index (χ1v) is 12.7. The third kappa shape index (κ3) is 5.06. The van der Waals surface area contributed by atoms with Gasteiger partial charge in [0.05, 0.1) is 17.9 Å². The van der Waals surface area contributed by atoms with Crippen LogP contribution in [0, 0.1) is 5.82 Å². The largest absolute Gasteiger partial charge is 0.342 e. The summed E-state index contributed by atoms with van der Waals surface area (Å²) in [7, 11) is 0. The second-order valence-electron chi connectivity index (χ2n) is 8.92. The molecule has 3 fully saturated rings. The summed E-state index contributed by atoms with van der Waals surface area (Å²) in [5.74, 6) is 0.744. The Labute approximate surface area is 197 Å². The average Bonchev–Trinajstić information content (AvgIpc) is 3.33. The van der Waals surface area contributed by atoms with Gasteiger partial charge in [-0.15, -0.1) is 10.2 Å². The minimum absolute atomic E-state index is 0.0586. The molecule has 0 bridgehead atoms. The van der Waals surface area contributed by atoms with Crippen LogP contribution in [0.15, 0.2) is 29.4 Å². The molecule has 33 heavy (non-hydrogen) atoms. The highest BCUT2D eigenvalue weighted by Gasteiger charge is 2.32. The molecular weight excluding hydrogens is 443 g/mol. The van der Waals surface area contributed by atoms with Crippen LogP contribution in [0.5, 0.6) is 0 Å². The molecule has 1 aromatic heterocycles.